The second-order valence-electron chi connectivity index (χ2n) is 7.31. The van der Waals surface area contributed by atoms with Gasteiger partial charge in [-0.1, -0.05) is 91.0 Å². The number of hydrogen-bond acceptors (Lipinski definition) is 2. The maximum Gasteiger partial charge on any atom is 0.0685 e. The molecule has 0 saturated carbocycles. The largest absolute Gasteiger partial charge is 0.376 e. The Balaban J connectivity index is 1.41. The van der Waals surface area contributed by atoms with E-state index in [1.165, 1.54) is 16.7 Å². The van der Waals surface area contributed by atoms with Gasteiger partial charge in [0.15, 0.2) is 0 Å². The number of rotatable bonds is 6. The molecule has 4 rings (SSSR count). The molecule has 0 spiro atoms. The van der Waals surface area contributed by atoms with E-state index in [0.717, 1.165) is 26.0 Å². The van der Waals surface area contributed by atoms with Gasteiger partial charge in [-0.15, -0.1) is 0 Å². The molecule has 0 unspecified atom stereocenters. The molecule has 2 atom stereocenters. The van der Waals surface area contributed by atoms with E-state index in [2.05, 4.69) is 96.3 Å². The molecule has 27 heavy (non-hydrogen) atoms. The van der Waals surface area contributed by atoms with E-state index in [1.807, 2.05) is 0 Å². The molecule has 2 heteroatoms. The predicted octanol–water partition coefficient (Wildman–Crippen LogP) is 5.16. The van der Waals surface area contributed by atoms with Gasteiger partial charge < -0.3 is 10.1 Å². The summed E-state index contributed by atoms with van der Waals surface area (Å²) in [6.45, 7) is 1.67. The zero-order valence-corrected chi connectivity index (χ0v) is 15.6. The van der Waals surface area contributed by atoms with E-state index < -0.39 is 0 Å². The van der Waals surface area contributed by atoms with Crippen LogP contribution in [0.1, 0.15) is 35.4 Å². The summed E-state index contributed by atoms with van der Waals surface area (Å²) in [5.41, 5.74) is 4.00. The molecular weight excluding hydrogens is 330 g/mol. The van der Waals surface area contributed by atoms with Gasteiger partial charge in [0.25, 0.3) is 0 Å². The van der Waals surface area contributed by atoms with Gasteiger partial charge >= 0.3 is 0 Å². The van der Waals surface area contributed by atoms with E-state index in [1.54, 1.807) is 0 Å². The molecule has 1 fully saturated rings. The molecule has 0 amide bonds. The topological polar surface area (TPSA) is 21.3 Å². The van der Waals surface area contributed by atoms with E-state index in [0.29, 0.717) is 12.0 Å². The minimum atomic E-state index is 0.226. The van der Waals surface area contributed by atoms with Crippen LogP contribution >= 0.6 is 0 Å². The highest BCUT2D eigenvalue weighted by Crippen LogP contribution is 2.34. The van der Waals surface area contributed by atoms with Crippen LogP contribution in [0.4, 0.5) is 0 Å². The number of hydrogen-bond donors (Lipinski definition) is 1. The van der Waals surface area contributed by atoms with Gasteiger partial charge in [-0.3, -0.25) is 0 Å². The molecule has 1 heterocycles. The first-order valence-corrected chi connectivity index (χ1v) is 9.89. The molecule has 1 aliphatic heterocycles. The van der Waals surface area contributed by atoms with Crippen molar-refractivity contribution in [2.24, 2.45) is 0 Å². The number of benzene rings is 3. The standard InChI is InChI=1S/C25H27NO/c1-4-10-20(11-5-1)18-26-23-16-17-24(27-19-23)25(21-12-6-2-7-13-21)22-14-8-3-9-15-22/h1-15,23-26H,16-19H2/t23-,24+/m1/s1. The van der Waals surface area contributed by atoms with Gasteiger partial charge in [0.05, 0.1) is 12.7 Å². The fourth-order valence-corrected chi connectivity index (χ4v) is 4.00. The quantitative estimate of drug-likeness (QED) is 0.658. The van der Waals surface area contributed by atoms with Crippen molar-refractivity contribution in [2.45, 2.75) is 37.5 Å². The minimum absolute atomic E-state index is 0.226. The first-order chi connectivity index (χ1) is 13.4. The molecule has 3 aromatic rings. The average molecular weight is 357 g/mol. The van der Waals surface area contributed by atoms with Gasteiger partial charge in [-0.05, 0) is 29.5 Å². The molecule has 0 bridgehead atoms. The number of ether oxygens (including phenoxy) is 1. The Kier molecular flexibility index (Phi) is 5.98. The summed E-state index contributed by atoms with van der Waals surface area (Å²) in [5, 5.41) is 3.65. The van der Waals surface area contributed by atoms with Gasteiger partial charge in [-0.2, -0.15) is 0 Å². The minimum Gasteiger partial charge on any atom is -0.376 e. The third-order valence-electron chi connectivity index (χ3n) is 5.44. The summed E-state index contributed by atoms with van der Waals surface area (Å²) in [7, 11) is 0. The van der Waals surface area contributed by atoms with E-state index in [9.17, 15) is 0 Å². The van der Waals surface area contributed by atoms with Crippen LogP contribution in [0.5, 0.6) is 0 Å². The van der Waals surface area contributed by atoms with Crippen LogP contribution < -0.4 is 5.32 Å². The molecule has 138 valence electrons. The van der Waals surface area contributed by atoms with Gasteiger partial charge in [0.2, 0.25) is 0 Å². The molecule has 1 aliphatic rings. The van der Waals surface area contributed by atoms with Crippen molar-refractivity contribution in [2.75, 3.05) is 6.61 Å². The lowest BCUT2D eigenvalue weighted by atomic mass is 9.83. The second-order valence-corrected chi connectivity index (χ2v) is 7.31. The maximum atomic E-state index is 6.39. The predicted molar refractivity (Wildman–Crippen MR) is 111 cm³/mol. The van der Waals surface area contributed by atoms with E-state index >= 15 is 0 Å². The van der Waals surface area contributed by atoms with Crippen molar-refractivity contribution in [3.63, 3.8) is 0 Å². The summed E-state index contributed by atoms with van der Waals surface area (Å²) in [5.74, 6) is 0.294. The van der Waals surface area contributed by atoms with Crippen molar-refractivity contribution in [1.82, 2.24) is 5.32 Å². The lowest BCUT2D eigenvalue weighted by molar-refractivity contribution is -0.0116. The first-order valence-electron chi connectivity index (χ1n) is 9.89. The average Bonchev–Trinajstić information content (AvgIpc) is 2.76. The summed E-state index contributed by atoms with van der Waals surface area (Å²) in [4.78, 5) is 0. The Bertz CT molecular complexity index is 756. The van der Waals surface area contributed by atoms with Crippen LogP contribution in [0.2, 0.25) is 0 Å². The molecule has 2 nitrogen and oxygen atoms in total. The SMILES string of the molecule is c1ccc(CN[C@@H]2CC[C@@H](C(c3ccccc3)c3ccccc3)OC2)cc1. The second kappa shape index (κ2) is 8.98. The van der Waals surface area contributed by atoms with Crippen molar-refractivity contribution in [3.8, 4) is 0 Å². The normalized spacial score (nSPS) is 19.9. The summed E-state index contributed by atoms with van der Waals surface area (Å²) < 4.78 is 6.39. The molecule has 0 aliphatic carbocycles. The van der Waals surface area contributed by atoms with Crippen molar-refractivity contribution < 1.29 is 4.74 Å². The fourth-order valence-electron chi connectivity index (χ4n) is 4.00. The van der Waals surface area contributed by atoms with Gasteiger partial charge in [0.1, 0.15) is 0 Å². The van der Waals surface area contributed by atoms with Crippen molar-refractivity contribution in [1.29, 1.82) is 0 Å². The molecule has 1 saturated heterocycles. The zero-order chi connectivity index (χ0) is 18.3. The van der Waals surface area contributed by atoms with Crippen molar-refractivity contribution in [3.05, 3.63) is 108 Å². The van der Waals surface area contributed by atoms with Crippen LogP contribution in [0.3, 0.4) is 0 Å². The molecular formula is C25H27NO. The van der Waals surface area contributed by atoms with Gasteiger partial charge in [-0.25, -0.2) is 0 Å². The van der Waals surface area contributed by atoms with Gasteiger partial charge in [0, 0.05) is 18.5 Å². The van der Waals surface area contributed by atoms with Crippen molar-refractivity contribution >= 4 is 0 Å². The Morgan fingerprint density at radius 1 is 0.741 bits per heavy atom. The number of nitrogens with one attached hydrogen (secondary N) is 1. The van der Waals surface area contributed by atoms with Crippen LogP contribution in [-0.4, -0.2) is 18.8 Å². The Hall–Kier alpha value is -2.42. The lowest BCUT2D eigenvalue weighted by Gasteiger charge is -2.35. The molecule has 1 N–H and O–H groups in total. The fraction of sp³-hybridized carbons (Fsp3) is 0.280. The van der Waals surface area contributed by atoms with E-state index in [-0.39, 0.29) is 6.10 Å². The smallest absolute Gasteiger partial charge is 0.0685 e. The third kappa shape index (κ3) is 4.65. The highest BCUT2D eigenvalue weighted by Gasteiger charge is 2.30. The Labute approximate surface area is 162 Å². The van der Waals surface area contributed by atoms with Crippen LogP contribution in [0.25, 0.3) is 0 Å². The zero-order valence-electron chi connectivity index (χ0n) is 15.6. The Morgan fingerprint density at radius 3 is 1.81 bits per heavy atom. The monoisotopic (exact) mass is 357 g/mol. The van der Waals surface area contributed by atoms with Crippen LogP contribution in [0.15, 0.2) is 91.0 Å². The summed E-state index contributed by atoms with van der Waals surface area (Å²) in [6.07, 6.45) is 2.44. The molecule has 0 radical (unpaired) electrons. The molecule has 0 aromatic heterocycles. The third-order valence-corrected chi connectivity index (χ3v) is 5.44. The molecule has 3 aromatic carbocycles. The highest BCUT2D eigenvalue weighted by molar-refractivity contribution is 5.34. The Morgan fingerprint density at radius 2 is 1.30 bits per heavy atom. The van der Waals surface area contributed by atoms with Crippen LogP contribution in [0, 0.1) is 0 Å². The summed E-state index contributed by atoms with van der Waals surface area (Å²) >= 11 is 0. The van der Waals surface area contributed by atoms with Crippen LogP contribution in [-0.2, 0) is 11.3 Å². The summed E-state index contributed by atoms with van der Waals surface area (Å²) in [6, 6.07) is 32.5. The van der Waals surface area contributed by atoms with E-state index in [4.69, 9.17) is 4.74 Å². The highest BCUT2D eigenvalue weighted by atomic mass is 16.5. The first kappa shape index (κ1) is 18.0. The lowest BCUT2D eigenvalue weighted by Crippen LogP contribution is -2.41. The maximum absolute atomic E-state index is 6.39.